The highest BCUT2D eigenvalue weighted by Gasteiger charge is 2.14. The van der Waals surface area contributed by atoms with E-state index in [1.807, 2.05) is 0 Å². The van der Waals surface area contributed by atoms with Crippen LogP contribution in [0.5, 0.6) is 0 Å². The lowest BCUT2D eigenvalue weighted by atomic mass is 9.97. The van der Waals surface area contributed by atoms with Crippen LogP contribution in [0.2, 0.25) is 0 Å². The third-order valence-corrected chi connectivity index (χ3v) is 9.29. The van der Waals surface area contributed by atoms with Crippen LogP contribution >= 0.6 is 0 Å². The average Bonchev–Trinajstić information content (AvgIpc) is 3.07. The Kier molecular flexibility index (Phi) is 10.7. The Bertz CT molecular complexity index is 1450. The Hall–Kier alpha value is -3.17. The molecule has 44 heavy (non-hydrogen) atoms. The lowest BCUT2D eigenvalue weighted by molar-refractivity contribution is 0.154. The molecular weight excluding hydrogens is 542 g/mol. The van der Waals surface area contributed by atoms with Gasteiger partial charge in [0.05, 0.1) is 11.2 Å². The summed E-state index contributed by atoms with van der Waals surface area (Å²) in [7, 11) is 4.42. The van der Waals surface area contributed by atoms with Crippen molar-refractivity contribution in [2.45, 2.75) is 13.1 Å². The molecule has 2 aliphatic rings. The lowest BCUT2D eigenvalue weighted by Crippen LogP contribution is -2.46. The molecule has 2 aliphatic heterocycles. The Balaban J connectivity index is 1.06. The summed E-state index contributed by atoms with van der Waals surface area (Å²) in [6.07, 6.45) is 0. The molecule has 0 spiro atoms. The van der Waals surface area contributed by atoms with Gasteiger partial charge in [-0.25, -0.2) is 4.98 Å². The van der Waals surface area contributed by atoms with E-state index < -0.39 is 0 Å². The van der Waals surface area contributed by atoms with Crippen molar-refractivity contribution in [3.63, 3.8) is 0 Å². The van der Waals surface area contributed by atoms with Gasteiger partial charge >= 0.3 is 0 Å². The van der Waals surface area contributed by atoms with Crippen LogP contribution < -0.4 is 10.6 Å². The van der Waals surface area contributed by atoms with Crippen LogP contribution in [0.4, 0.5) is 0 Å². The molecule has 0 saturated carbocycles. The van der Waals surface area contributed by atoms with Crippen LogP contribution in [0.15, 0.2) is 78.9 Å². The number of para-hydroxylation sites is 1. The SMILES string of the molecule is CN1CCN(CCNCc2ccc(-c3cc(-c4ccc(CNCCN5CCN(C)CC5)cc4)c4ccccc4n3)cc2)CC1. The number of nitrogens with zero attached hydrogens (tertiary/aromatic N) is 5. The number of piperazine rings is 2. The second-order valence-electron chi connectivity index (χ2n) is 12.6. The molecule has 6 rings (SSSR count). The fraction of sp³-hybridized carbons (Fsp3) is 0.432. The molecule has 3 aromatic carbocycles. The van der Waals surface area contributed by atoms with E-state index in [2.05, 4.69) is 123 Å². The number of hydrogen-bond acceptors (Lipinski definition) is 7. The molecule has 2 fully saturated rings. The number of hydrogen-bond donors (Lipinski definition) is 2. The van der Waals surface area contributed by atoms with Gasteiger partial charge in [0, 0.05) is 103 Å². The molecule has 0 atom stereocenters. The van der Waals surface area contributed by atoms with E-state index in [1.54, 1.807) is 0 Å². The van der Waals surface area contributed by atoms with Crippen molar-refractivity contribution in [2.75, 3.05) is 92.6 Å². The third-order valence-electron chi connectivity index (χ3n) is 9.29. The quantitative estimate of drug-likeness (QED) is 0.239. The average molecular weight is 592 g/mol. The summed E-state index contributed by atoms with van der Waals surface area (Å²) in [6, 6.07) is 28.7. The zero-order chi connectivity index (χ0) is 30.1. The van der Waals surface area contributed by atoms with Crippen LogP contribution in [0, 0.1) is 0 Å². The lowest BCUT2D eigenvalue weighted by Gasteiger charge is -2.32. The Morgan fingerprint density at radius 2 is 1.09 bits per heavy atom. The van der Waals surface area contributed by atoms with Gasteiger partial charge in [-0.15, -0.1) is 0 Å². The smallest absolute Gasteiger partial charge is 0.0715 e. The van der Waals surface area contributed by atoms with Crippen molar-refractivity contribution in [2.24, 2.45) is 0 Å². The van der Waals surface area contributed by atoms with Gasteiger partial charge in [-0.05, 0) is 48.5 Å². The fourth-order valence-electron chi connectivity index (χ4n) is 6.24. The highest BCUT2D eigenvalue weighted by Crippen LogP contribution is 2.32. The van der Waals surface area contributed by atoms with Gasteiger partial charge < -0.3 is 20.4 Å². The molecule has 4 aromatic rings. The summed E-state index contributed by atoms with van der Waals surface area (Å²) in [5, 5.41) is 8.47. The van der Waals surface area contributed by atoms with Gasteiger partial charge in [0.1, 0.15) is 0 Å². The predicted molar refractivity (Wildman–Crippen MR) is 184 cm³/mol. The van der Waals surface area contributed by atoms with Crippen LogP contribution in [-0.2, 0) is 13.1 Å². The maximum absolute atomic E-state index is 5.06. The molecule has 0 amide bonds. The first-order chi connectivity index (χ1) is 21.6. The third kappa shape index (κ3) is 8.30. The van der Waals surface area contributed by atoms with Crippen LogP contribution in [-0.4, -0.2) is 117 Å². The largest absolute Gasteiger partial charge is 0.311 e. The minimum absolute atomic E-state index is 0.890. The maximum Gasteiger partial charge on any atom is 0.0715 e. The van der Waals surface area contributed by atoms with Crippen molar-refractivity contribution >= 4 is 10.9 Å². The molecule has 0 unspecified atom stereocenters. The second kappa shape index (κ2) is 15.2. The van der Waals surface area contributed by atoms with E-state index in [0.29, 0.717) is 0 Å². The van der Waals surface area contributed by atoms with Gasteiger partial charge in [-0.1, -0.05) is 66.7 Å². The van der Waals surface area contributed by atoms with E-state index in [4.69, 9.17) is 4.98 Å². The summed E-state index contributed by atoms with van der Waals surface area (Å²) in [5.41, 5.74) is 8.29. The number of nitrogens with one attached hydrogen (secondary N) is 2. The number of aromatic nitrogens is 1. The zero-order valence-corrected chi connectivity index (χ0v) is 26.6. The molecule has 7 nitrogen and oxygen atoms in total. The van der Waals surface area contributed by atoms with Crippen LogP contribution in [0.25, 0.3) is 33.3 Å². The van der Waals surface area contributed by atoms with Gasteiger partial charge in [0.25, 0.3) is 0 Å². The first kappa shape index (κ1) is 30.8. The Labute approximate surface area is 263 Å². The van der Waals surface area contributed by atoms with E-state index >= 15 is 0 Å². The van der Waals surface area contributed by atoms with E-state index in [1.165, 1.54) is 80.0 Å². The molecule has 0 radical (unpaired) electrons. The van der Waals surface area contributed by atoms with Gasteiger partial charge in [-0.2, -0.15) is 0 Å². The summed E-state index contributed by atoms with van der Waals surface area (Å²) in [4.78, 5) is 15.0. The zero-order valence-electron chi connectivity index (χ0n) is 26.6. The first-order valence-electron chi connectivity index (χ1n) is 16.4. The molecule has 2 N–H and O–H groups in total. The standard InChI is InChI=1S/C37H49N7/c1-41-19-23-43(24-20-41)17-15-38-28-30-7-11-32(12-8-30)35-27-37(40-36-6-4-3-5-34(35)36)33-13-9-31(10-14-33)29-39-16-18-44-25-21-42(2)22-26-44/h3-14,27,38-39H,15-26,28-29H2,1-2H3. The fourth-order valence-corrected chi connectivity index (χ4v) is 6.24. The van der Waals surface area contributed by atoms with Gasteiger partial charge in [0.15, 0.2) is 0 Å². The molecular formula is C37H49N7. The van der Waals surface area contributed by atoms with E-state index in [0.717, 1.165) is 56.0 Å². The highest BCUT2D eigenvalue weighted by molar-refractivity contribution is 5.96. The summed E-state index contributed by atoms with van der Waals surface area (Å²) in [6.45, 7) is 15.5. The van der Waals surface area contributed by atoms with Crippen molar-refractivity contribution in [1.82, 2.24) is 35.2 Å². The number of pyridine rings is 1. The summed E-state index contributed by atoms with van der Waals surface area (Å²) >= 11 is 0. The minimum Gasteiger partial charge on any atom is -0.311 e. The topological polar surface area (TPSA) is 49.9 Å². The molecule has 0 bridgehead atoms. The van der Waals surface area contributed by atoms with Gasteiger partial charge in [-0.3, -0.25) is 9.80 Å². The number of likely N-dealkylation sites (N-methyl/N-ethyl adjacent to an activating group) is 2. The number of fused-ring (bicyclic) bond motifs is 1. The highest BCUT2D eigenvalue weighted by atomic mass is 15.3. The summed E-state index contributed by atoms with van der Waals surface area (Å²) in [5.74, 6) is 0. The second-order valence-corrected chi connectivity index (χ2v) is 12.6. The normalized spacial score (nSPS) is 17.4. The Morgan fingerprint density at radius 3 is 1.64 bits per heavy atom. The van der Waals surface area contributed by atoms with Gasteiger partial charge in [0.2, 0.25) is 0 Å². The monoisotopic (exact) mass is 591 g/mol. The number of rotatable bonds is 12. The maximum atomic E-state index is 5.06. The van der Waals surface area contributed by atoms with Crippen molar-refractivity contribution in [1.29, 1.82) is 0 Å². The minimum atomic E-state index is 0.890. The summed E-state index contributed by atoms with van der Waals surface area (Å²) < 4.78 is 0. The van der Waals surface area contributed by atoms with E-state index in [9.17, 15) is 0 Å². The van der Waals surface area contributed by atoms with Crippen molar-refractivity contribution in [3.05, 3.63) is 90.0 Å². The van der Waals surface area contributed by atoms with Crippen LogP contribution in [0.1, 0.15) is 11.1 Å². The molecule has 232 valence electrons. The molecule has 7 heteroatoms. The molecule has 2 saturated heterocycles. The van der Waals surface area contributed by atoms with Crippen molar-refractivity contribution < 1.29 is 0 Å². The molecule has 3 heterocycles. The first-order valence-corrected chi connectivity index (χ1v) is 16.4. The predicted octanol–water partition coefficient (Wildman–Crippen LogP) is 4.24. The molecule has 0 aliphatic carbocycles. The van der Waals surface area contributed by atoms with Crippen LogP contribution in [0.3, 0.4) is 0 Å². The Morgan fingerprint density at radius 1 is 0.591 bits per heavy atom. The van der Waals surface area contributed by atoms with Crippen molar-refractivity contribution in [3.8, 4) is 22.4 Å². The van der Waals surface area contributed by atoms with E-state index in [-0.39, 0.29) is 0 Å². The molecule has 1 aromatic heterocycles. The number of benzene rings is 3.